The highest BCUT2D eigenvalue weighted by atomic mass is 19.4. The molecule has 4 rings (SSSR count). The first-order chi connectivity index (χ1) is 14.7. The van der Waals surface area contributed by atoms with Gasteiger partial charge < -0.3 is 14.7 Å². The van der Waals surface area contributed by atoms with Crippen LogP contribution < -0.4 is 0 Å². The number of alkyl halides is 3. The second kappa shape index (κ2) is 9.41. The van der Waals surface area contributed by atoms with Crippen LogP contribution in [0.5, 0.6) is 0 Å². The van der Waals surface area contributed by atoms with Crippen molar-refractivity contribution < 1.29 is 32.6 Å². The van der Waals surface area contributed by atoms with Gasteiger partial charge in [-0.3, -0.25) is 9.78 Å². The molecule has 3 unspecified atom stereocenters. The number of carbonyl (C=O) groups is 2. The SMILES string of the molecule is Cc1cnnn1CC1CCC2C1OCCN2C(=O)c1cccnc1.O=C(O)C(F)(F)F. The van der Waals surface area contributed by atoms with E-state index >= 15 is 0 Å². The second-order valence-corrected chi connectivity index (χ2v) is 7.34. The van der Waals surface area contributed by atoms with Crippen LogP contribution >= 0.6 is 0 Å². The molecule has 12 heteroatoms. The number of carboxylic acid groups (broad SMARTS) is 1. The highest BCUT2D eigenvalue weighted by molar-refractivity contribution is 5.94. The van der Waals surface area contributed by atoms with Crippen LogP contribution in [0.25, 0.3) is 0 Å². The Bertz CT molecular complexity index is 905. The Kier molecular flexibility index (Phi) is 6.88. The summed E-state index contributed by atoms with van der Waals surface area (Å²) in [6.07, 6.45) is 2.08. The molecule has 1 saturated heterocycles. The fourth-order valence-corrected chi connectivity index (χ4v) is 3.87. The van der Waals surface area contributed by atoms with Crippen LogP contribution in [0.4, 0.5) is 13.2 Å². The van der Waals surface area contributed by atoms with Crippen LogP contribution in [-0.2, 0) is 16.1 Å². The van der Waals surface area contributed by atoms with Gasteiger partial charge in [0.25, 0.3) is 5.91 Å². The van der Waals surface area contributed by atoms with Crippen LogP contribution in [0.3, 0.4) is 0 Å². The minimum atomic E-state index is -5.08. The summed E-state index contributed by atoms with van der Waals surface area (Å²) in [6, 6.07) is 3.77. The fraction of sp³-hybridized carbons (Fsp3) is 0.526. The maximum atomic E-state index is 12.8. The lowest BCUT2D eigenvalue weighted by Gasteiger charge is -2.39. The zero-order valence-electron chi connectivity index (χ0n) is 16.7. The molecular weight excluding hydrogens is 419 g/mol. The zero-order chi connectivity index (χ0) is 22.6. The summed E-state index contributed by atoms with van der Waals surface area (Å²) < 4.78 is 39.7. The molecule has 1 aliphatic carbocycles. The maximum absolute atomic E-state index is 12.8. The van der Waals surface area contributed by atoms with E-state index in [1.54, 1.807) is 24.7 Å². The summed E-state index contributed by atoms with van der Waals surface area (Å²) in [5.41, 5.74) is 1.70. The van der Waals surface area contributed by atoms with Crippen LogP contribution in [0.15, 0.2) is 30.7 Å². The van der Waals surface area contributed by atoms with Crippen molar-refractivity contribution in [2.75, 3.05) is 13.2 Å². The summed E-state index contributed by atoms with van der Waals surface area (Å²) in [6.45, 7) is 4.03. The number of rotatable bonds is 3. The average molecular weight is 441 g/mol. The first kappa shape index (κ1) is 22.7. The number of fused-ring (bicyclic) bond motifs is 1. The van der Waals surface area contributed by atoms with Crippen LogP contribution in [0.2, 0.25) is 0 Å². The smallest absolute Gasteiger partial charge is 0.475 e. The number of pyridine rings is 1. The summed E-state index contributed by atoms with van der Waals surface area (Å²) in [4.78, 5) is 27.8. The molecule has 2 fully saturated rings. The molecule has 2 aromatic rings. The van der Waals surface area contributed by atoms with E-state index in [2.05, 4.69) is 15.3 Å². The quantitative estimate of drug-likeness (QED) is 0.775. The molecule has 9 nitrogen and oxygen atoms in total. The Balaban J connectivity index is 0.000000339. The van der Waals surface area contributed by atoms with E-state index in [-0.39, 0.29) is 18.1 Å². The lowest BCUT2D eigenvalue weighted by molar-refractivity contribution is -0.192. The second-order valence-electron chi connectivity index (χ2n) is 7.34. The number of nitrogens with zero attached hydrogens (tertiary/aromatic N) is 5. The minimum absolute atomic E-state index is 0.0546. The zero-order valence-corrected chi connectivity index (χ0v) is 16.7. The summed E-state index contributed by atoms with van der Waals surface area (Å²) >= 11 is 0. The van der Waals surface area contributed by atoms with Crippen molar-refractivity contribution >= 4 is 11.9 Å². The molecule has 31 heavy (non-hydrogen) atoms. The van der Waals surface area contributed by atoms with Crippen molar-refractivity contribution in [1.29, 1.82) is 0 Å². The summed E-state index contributed by atoms with van der Waals surface area (Å²) in [7, 11) is 0. The Labute approximate surface area is 175 Å². The van der Waals surface area contributed by atoms with E-state index in [4.69, 9.17) is 14.6 Å². The highest BCUT2D eigenvalue weighted by Gasteiger charge is 2.44. The highest BCUT2D eigenvalue weighted by Crippen LogP contribution is 2.36. The van der Waals surface area contributed by atoms with Crippen LogP contribution in [0.1, 0.15) is 28.9 Å². The fourth-order valence-electron chi connectivity index (χ4n) is 3.87. The molecule has 1 aliphatic heterocycles. The first-order valence-corrected chi connectivity index (χ1v) is 9.66. The lowest BCUT2D eigenvalue weighted by Crippen LogP contribution is -2.53. The van der Waals surface area contributed by atoms with Crippen molar-refractivity contribution in [2.45, 2.75) is 44.6 Å². The van der Waals surface area contributed by atoms with Gasteiger partial charge in [0.15, 0.2) is 0 Å². The standard InChI is InChI=1S/C17H21N5O2.C2HF3O2/c1-12-9-19-20-22(12)11-14-4-5-15-16(14)24-8-7-21(15)17(23)13-3-2-6-18-10-13;3-2(4,5)1(6)7/h2-3,6,9-10,14-16H,4-5,7-8,11H2,1H3;(H,6,7). The number of amides is 1. The number of hydrogen-bond donors (Lipinski definition) is 1. The van der Waals surface area contributed by atoms with E-state index in [0.29, 0.717) is 24.6 Å². The molecule has 1 saturated carbocycles. The number of aromatic nitrogens is 4. The number of ether oxygens (including phenoxy) is 1. The largest absolute Gasteiger partial charge is 0.490 e. The van der Waals surface area contributed by atoms with Crippen molar-refractivity contribution in [3.63, 3.8) is 0 Å². The molecule has 1 N–H and O–H groups in total. The number of halogens is 3. The molecule has 0 spiro atoms. The molecule has 3 heterocycles. The number of aliphatic carboxylic acids is 1. The van der Waals surface area contributed by atoms with Gasteiger partial charge in [0.05, 0.1) is 36.2 Å². The van der Waals surface area contributed by atoms with Gasteiger partial charge in [-0.2, -0.15) is 13.2 Å². The van der Waals surface area contributed by atoms with Gasteiger partial charge in [-0.05, 0) is 31.9 Å². The molecule has 168 valence electrons. The van der Waals surface area contributed by atoms with E-state index in [0.717, 1.165) is 25.1 Å². The van der Waals surface area contributed by atoms with Gasteiger partial charge in [0, 0.05) is 31.4 Å². The van der Waals surface area contributed by atoms with Crippen molar-refractivity contribution in [1.82, 2.24) is 24.9 Å². The lowest BCUT2D eigenvalue weighted by atomic mass is 10.0. The van der Waals surface area contributed by atoms with E-state index < -0.39 is 12.1 Å². The van der Waals surface area contributed by atoms with Crippen molar-refractivity contribution in [3.8, 4) is 0 Å². The Morgan fingerprint density at radius 2 is 2.03 bits per heavy atom. The number of hydrogen-bond acceptors (Lipinski definition) is 6. The van der Waals surface area contributed by atoms with Gasteiger partial charge >= 0.3 is 12.1 Å². The first-order valence-electron chi connectivity index (χ1n) is 9.66. The van der Waals surface area contributed by atoms with E-state index in [9.17, 15) is 18.0 Å². The topological polar surface area (TPSA) is 110 Å². The summed E-state index contributed by atoms with van der Waals surface area (Å²) in [5, 5.41) is 15.2. The van der Waals surface area contributed by atoms with Crippen LogP contribution in [-0.4, -0.2) is 73.3 Å². The van der Waals surface area contributed by atoms with Gasteiger partial charge in [0.2, 0.25) is 0 Å². The Morgan fingerprint density at radius 1 is 1.29 bits per heavy atom. The third-order valence-electron chi connectivity index (χ3n) is 5.35. The Hall–Kier alpha value is -3.02. The third-order valence-corrected chi connectivity index (χ3v) is 5.35. The molecule has 0 radical (unpaired) electrons. The van der Waals surface area contributed by atoms with E-state index in [1.807, 2.05) is 22.6 Å². The molecule has 0 bridgehead atoms. The normalized spacial score (nSPS) is 23.0. The maximum Gasteiger partial charge on any atom is 0.490 e. The summed E-state index contributed by atoms with van der Waals surface area (Å²) in [5.74, 6) is -2.34. The predicted octanol–water partition coefficient (Wildman–Crippen LogP) is 1.93. The molecule has 3 atom stereocenters. The van der Waals surface area contributed by atoms with Crippen molar-refractivity contribution in [3.05, 3.63) is 42.0 Å². The van der Waals surface area contributed by atoms with Gasteiger partial charge in [-0.1, -0.05) is 5.21 Å². The molecular formula is C19H22F3N5O4. The van der Waals surface area contributed by atoms with Crippen molar-refractivity contribution in [2.24, 2.45) is 5.92 Å². The molecule has 0 aromatic carbocycles. The number of morpholine rings is 1. The minimum Gasteiger partial charge on any atom is -0.475 e. The van der Waals surface area contributed by atoms with E-state index in [1.165, 1.54) is 0 Å². The van der Waals surface area contributed by atoms with Crippen LogP contribution in [0, 0.1) is 12.8 Å². The number of carbonyl (C=O) groups excluding carboxylic acids is 1. The van der Waals surface area contributed by atoms with Gasteiger partial charge in [0.1, 0.15) is 0 Å². The Morgan fingerprint density at radius 3 is 2.61 bits per heavy atom. The number of aryl methyl sites for hydroxylation is 1. The number of carboxylic acids is 1. The predicted molar refractivity (Wildman–Crippen MR) is 100.0 cm³/mol. The molecule has 2 aliphatic rings. The monoisotopic (exact) mass is 441 g/mol. The van der Waals surface area contributed by atoms with Gasteiger partial charge in [-0.25, -0.2) is 9.48 Å². The van der Waals surface area contributed by atoms with Gasteiger partial charge in [-0.15, -0.1) is 5.10 Å². The molecule has 2 aromatic heterocycles. The average Bonchev–Trinajstić information content (AvgIpc) is 3.34. The molecule has 1 amide bonds. The third kappa shape index (κ3) is 5.37.